The van der Waals surface area contributed by atoms with Crippen LogP contribution >= 0.6 is 11.8 Å². The lowest BCUT2D eigenvalue weighted by Crippen LogP contribution is -2.06. The van der Waals surface area contributed by atoms with Crippen molar-refractivity contribution in [3.8, 4) is 11.5 Å². The lowest BCUT2D eigenvalue weighted by molar-refractivity contribution is -0.133. The Morgan fingerprint density at radius 2 is 1.96 bits per heavy atom. The van der Waals surface area contributed by atoms with Crippen LogP contribution in [0.3, 0.4) is 0 Å². The fourth-order valence-electron chi connectivity index (χ4n) is 2.64. The Kier molecular flexibility index (Phi) is 4.76. The first-order chi connectivity index (χ1) is 11.6. The first-order valence-corrected chi connectivity index (χ1v) is 8.80. The summed E-state index contributed by atoms with van der Waals surface area (Å²) in [6.45, 7) is 4.02. The topological polar surface area (TPSA) is 60.1 Å². The first-order valence-electron chi connectivity index (χ1n) is 7.64. The minimum Gasteiger partial charge on any atom is -0.481 e. The van der Waals surface area contributed by atoms with Crippen molar-refractivity contribution in [1.82, 2.24) is 14.3 Å². The standard InChI is InChI=1S/C18H19N3O2S/c1-13-6-5-7-15(10-13)21-18(20-8-3-4-9-20)16(14(2)19-21)11-24-12-17(22)23/h3-10H,11-12H2,1-2H3,(H,22,23). The molecule has 5 nitrogen and oxygen atoms in total. The fourth-order valence-corrected chi connectivity index (χ4v) is 3.46. The molecule has 0 saturated carbocycles. The Labute approximate surface area is 144 Å². The molecule has 0 aliphatic heterocycles. The summed E-state index contributed by atoms with van der Waals surface area (Å²) in [5, 5.41) is 13.6. The van der Waals surface area contributed by atoms with Gasteiger partial charge in [-0.05, 0) is 43.7 Å². The summed E-state index contributed by atoms with van der Waals surface area (Å²) < 4.78 is 3.96. The molecule has 24 heavy (non-hydrogen) atoms. The molecule has 0 radical (unpaired) electrons. The van der Waals surface area contributed by atoms with Crippen molar-refractivity contribution in [2.75, 3.05) is 5.75 Å². The van der Waals surface area contributed by atoms with Gasteiger partial charge in [-0.25, -0.2) is 4.68 Å². The lowest BCUT2D eigenvalue weighted by Gasteiger charge is -2.11. The Balaban J connectivity index is 2.07. The molecule has 0 saturated heterocycles. The van der Waals surface area contributed by atoms with Gasteiger partial charge in [0.1, 0.15) is 5.82 Å². The number of carboxylic acids is 1. The number of aryl methyl sites for hydroxylation is 2. The number of aliphatic carboxylic acids is 1. The number of thioether (sulfide) groups is 1. The van der Waals surface area contributed by atoms with Gasteiger partial charge in [0, 0.05) is 23.7 Å². The zero-order chi connectivity index (χ0) is 17.1. The predicted octanol–water partition coefficient (Wildman–Crippen LogP) is 3.60. The summed E-state index contributed by atoms with van der Waals surface area (Å²) in [4.78, 5) is 10.8. The van der Waals surface area contributed by atoms with Crippen LogP contribution in [0.2, 0.25) is 0 Å². The SMILES string of the molecule is Cc1cccc(-n2nc(C)c(CSCC(=O)O)c2-n2cccc2)c1. The smallest absolute Gasteiger partial charge is 0.313 e. The Hall–Kier alpha value is -2.47. The molecular formula is C18H19N3O2S. The third-order valence-corrected chi connectivity index (χ3v) is 4.67. The van der Waals surface area contributed by atoms with Crippen LogP contribution in [-0.2, 0) is 10.5 Å². The van der Waals surface area contributed by atoms with E-state index in [-0.39, 0.29) is 5.75 Å². The van der Waals surface area contributed by atoms with Gasteiger partial charge in [0.2, 0.25) is 0 Å². The molecular weight excluding hydrogens is 322 g/mol. The van der Waals surface area contributed by atoms with Crippen molar-refractivity contribution < 1.29 is 9.90 Å². The number of aromatic nitrogens is 3. The molecule has 2 aromatic heterocycles. The normalized spacial score (nSPS) is 10.9. The summed E-state index contributed by atoms with van der Waals surface area (Å²) in [6.07, 6.45) is 3.96. The number of carboxylic acid groups (broad SMARTS) is 1. The van der Waals surface area contributed by atoms with E-state index < -0.39 is 5.97 Å². The Morgan fingerprint density at radius 3 is 2.62 bits per heavy atom. The molecule has 1 aromatic carbocycles. The fraction of sp³-hybridized carbons (Fsp3) is 0.222. The van der Waals surface area contributed by atoms with Crippen LogP contribution in [0.1, 0.15) is 16.8 Å². The summed E-state index contributed by atoms with van der Waals surface area (Å²) in [7, 11) is 0. The highest BCUT2D eigenvalue weighted by molar-refractivity contribution is 7.99. The number of hydrogen-bond donors (Lipinski definition) is 1. The molecule has 1 N–H and O–H groups in total. The minimum absolute atomic E-state index is 0.0835. The highest BCUT2D eigenvalue weighted by atomic mass is 32.2. The second-order valence-electron chi connectivity index (χ2n) is 5.62. The first kappa shape index (κ1) is 16.4. The van der Waals surface area contributed by atoms with E-state index in [1.807, 2.05) is 52.8 Å². The van der Waals surface area contributed by atoms with Crippen molar-refractivity contribution in [3.05, 3.63) is 65.6 Å². The van der Waals surface area contributed by atoms with Crippen LogP contribution in [0.5, 0.6) is 0 Å². The van der Waals surface area contributed by atoms with Gasteiger partial charge in [0.05, 0.1) is 17.1 Å². The van der Waals surface area contributed by atoms with Gasteiger partial charge in [0.25, 0.3) is 0 Å². The molecule has 0 amide bonds. The van der Waals surface area contributed by atoms with E-state index in [1.165, 1.54) is 17.3 Å². The van der Waals surface area contributed by atoms with Gasteiger partial charge < -0.3 is 9.67 Å². The van der Waals surface area contributed by atoms with Crippen LogP contribution in [-0.4, -0.2) is 31.2 Å². The number of nitrogens with zero attached hydrogens (tertiary/aromatic N) is 3. The summed E-state index contributed by atoms with van der Waals surface area (Å²) in [5.41, 5.74) is 4.13. The summed E-state index contributed by atoms with van der Waals surface area (Å²) in [6, 6.07) is 12.1. The highest BCUT2D eigenvalue weighted by Gasteiger charge is 2.18. The van der Waals surface area contributed by atoms with Crippen LogP contribution in [0.4, 0.5) is 0 Å². The molecule has 6 heteroatoms. The van der Waals surface area contributed by atoms with Crippen LogP contribution < -0.4 is 0 Å². The van der Waals surface area contributed by atoms with Gasteiger partial charge in [-0.2, -0.15) is 5.10 Å². The molecule has 0 aliphatic rings. The second kappa shape index (κ2) is 6.97. The number of hydrogen-bond acceptors (Lipinski definition) is 3. The van der Waals surface area contributed by atoms with E-state index in [1.54, 1.807) is 0 Å². The maximum atomic E-state index is 10.8. The molecule has 124 valence electrons. The van der Waals surface area contributed by atoms with Crippen LogP contribution in [0, 0.1) is 13.8 Å². The van der Waals surface area contributed by atoms with Gasteiger partial charge in [-0.3, -0.25) is 4.79 Å². The van der Waals surface area contributed by atoms with Gasteiger partial charge >= 0.3 is 5.97 Å². The number of rotatable bonds is 6. The highest BCUT2D eigenvalue weighted by Crippen LogP contribution is 2.27. The maximum absolute atomic E-state index is 10.8. The van der Waals surface area contributed by atoms with E-state index in [0.29, 0.717) is 5.75 Å². The summed E-state index contributed by atoms with van der Waals surface area (Å²) in [5.74, 6) is 0.852. The number of carbonyl (C=O) groups is 1. The van der Waals surface area contributed by atoms with Gasteiger partial charge in [0.15, 0.2) is 0 Å². The van der Waals surface area contributed by atoms with Crippen molar-refractivity contribution in [1.29, 1.82) is 0 Å². The predicted molar refractivity (Wildman–Crippen MR) is 96.2 cm³/mol. The third kappa shape index (κ3) is 3.38. The zero-order valence-electron chi connectivity index (χ0n) is 13.6. The summed E-state index contributed by atoms with van der Waals surface area (Å²) >= 11 is 1.39. The average Bonchev–Trinajstić information content (AvgIpc) is 3.15. The molecule has 3 rings (SSSR count). The Bertz CT molecular complexity index is 853. The van der Waals surface area contributed by atoms with E-state index in [9.17, 15) is 4.79 Å². The van der Waals surface area contributed by atoms with E-state index in [4.69, 9.17) is 10.2 Å². The quantitative estimate of drug-likeness (QED) is 0.744. The lowest BCUT2D eigenvalue weighted by atomic mass is 10.2. The largest absolute Gasteiger partial charge is 0.481 e. The molecule has 2 heterocycles. The van der Waals surface area contributed by atoms with Crippen molar-refractivity contribution in [2.24, 2.45) is 0 Å². The Morgan fingerprint density at radius 1 is 1.21 bits per heavy atom. The maximum Gasteiger partial charge on any atom is 0.313 e. The number of benzene rings is 1. The van der Waals surface area contributed by atoms with E-state index in [0.717, 1.165) is 22.8 Å². The van der Waals surface area contributed by atoms with E-state index in [2.05, 4.69) is 19.1 Å². The molecule has 0 bridgehead atoms. The molecule has 3 aromatic rings. The molecule has 0 spiro atoms. The molecule has 0 unspecified atom stereocenters. The van der Waals surface area contributed by atoms with Gasteiger partial charge in [-0.15, -0.1) is 11.8 Å². The van der Waals surface area contributed by atoms with Crippen molar-refractivity contribution in [3.63, 3.8) is 0 Å². The van der Waals surface area contributed by atoms with E-state index >= 15 is 0 Å². The third-order valence-electron chi connectivity index (χ3n) is 3.72. The van der Waals surface area contributed by atoms with Gasteiger partial charge in [-0.1, -0.05) is 12.1 Å². The molecule has 0 atom stereocenters. The van der Waals surface area contributed by atoms with Crippen LogP contribution in [0.15, 0.2) is 48.8 Å². The zero-order valence-corrected chi connectivity index (χ0v) is 14.5. The second-order valence-corrected chi connectivity index (χ2v) is 6.60. The average molecular weight is 341 g/mol. The van der Waals surface area contributed by atoms with Crippen molar-refractivity contribution >= 4 is 17.7 Å². The molecule has 0 fully saturated rings. The van der Waals surface area contributed by atoms with Crippen LogP contribution in [0.25, 0.3) is 11.5 Å². The molecule has 0 aliphatic carbocycles. The monoisotopic (exact) mass is 341 g/mol. The van der Waals surface area contributed by atoms with Crippen molar-refractivity contribution in [2.45, 2.75) is 19.6 Å². The minimum atomic E-state index is -0.800.